The number of aryl methyl sites for hydroxylation is 1. The first-order chi connectivity index (χ1) is 8.64. The predicted molar refractivity (Wildman–Crippen MR) is 68.7 cm³/mol. The van der Waals surface area contributed by atoms with Gasteiger partial charge in [-0.05, 0) is 25.2 Å². The van der Waals surface area contributed by atoms with E-state index in [0.29, 0.717) is 24.8 Å². The number of β-amino-alcohol motifs (C(OH)–C–C–N with tert-alkyl or cyclic N) is 1. The first-order valence-electron chi connectivity index (χ1n) is 6.67. The summed E-state index contributed by atoms with van der Waals surface area (Å²) in [6.07, 6.45) is 6.55. The van der Waals surface area contributed by atoms with E-state index in [4.69, 9.17) is 0 Å². The first kappa shape index (κ1) is 11.7. The fourth-order valence-electron chi connectivity index (χ4n) is 2.71. The van der Waals surface area contributed by atoms with Gasteiger partial charge in [0.2, 0.25) is 0 Å². The van der Waals surface area contributed by atoms with Gasteiger partial charge in [0.15, 0.2) is 5.82 Å². The molecule has 3 rings (SSSR count). The predicted octanol–water partition coefficient (Wildman–Crippen LogP) is 0.614. The van der Waals surface area contributed by atoms with Crippen LogP contribution in [0.1, 0.15) is 26.2 Å². The van der Waals surface area contributed by atoms with Gasteiger partial charge < -0.3 is 14.6 Å². The van der Waals surface area contributed by atoms with Gasteiger partial charge in [0.05, 0.1) is 13.1 Å². The molecule has 1 aromatic rings. The molecule has 0 amide bonds. The van der Waals surface area contributed by atoms with Gasteiger partial charge in [0.1, 0.15) is 5.60 Å². The Morgan fingerprint density at radius 1 is 1.50 bits per heavy atom. The zero-order valence-electron chi connectivity index (χ0n) is 10.7. The van der Waals surface area contributed by atoms with Crippen LogP contribution in [0.25, 0.3) is 0 Å². The van der Waals surface area contributed by atoms with E-state index in [-0.39, 0.29) is 5.56 Å². The Kier molecular flexibility index (Phi) is 2.66. The van der Waals surface area contributed by atoms with Gasteiger partial charge in [0, 0.05) is 18.9 Å². The molecular weight excluding hydrogens is 230 g/mol. The highest BCUT2D eigenvalue weighted by Gasteiger charge is 2.52. The summed E-state index contributed by atoms with van der Waals surface area (Å²) in [5.74, 6) is 0.923. The van der Waals surface area contributed by atoms with Crippen LogP contribution in [-0.4, -0.2) is 33.3 Å². The lowest BCUT2D eigenvalue weighted by molar-refractivity contribution is -0.00993. The van der Waals surface area contributed by atoms with Crippen molar-refractivity contribution < 1.29 is 5.11 Å². The monoisotopic (exact) mass is 249 g/mol. The van der Waals surface area contributed by atoms with Crippen molar-refractivity contribution in [3.8, 4) is 0 Å². The van der Waals surface area contributed by atoms with Crippen LogP contribution in [0.4, 0.5) is 5.82 Å². The molecule has 2 heterocycles. The normalized spacial score (nSPS) is 21.8. The number of hydrogen-bond donors (Lipinski definition) is 1. The van der Waals surface area contributed by atoms with E-state index in [2.05, 4.69) is 4.98 Å². The summed E-state index contributed by atoms with van der Waals surface area (Å²) in [6, 6.07) is 0. The minimum absolute atomic E-state index is 0.0443. The zero-order chi connectivity index (χ0) is 12.8. The minimum atomic E-state index is -0.570. The molecule has 1 aliphatic heterocycles. The van der Waals surface area contributed by atoms with E-state index in [0.717, 1.165) is 25.8 Å². The first-order valence-corrected chi connectivity index (χ1v) is 6.67. The van der Waals surface area contributed by atoms with Crippen LogP contribution in [0.3, 0.4) is 0 Å². The van der Waals surface area contributed by atoms with E-state index in [1.54, 1.807) is 17.0 Å². The molecule has 0 atom stereocenters. The van der Waals surface area contributed by atoms with Crippen LogP contribution >= 0.6 is 0 Å². The molecule has 1 aromatic heterocycles. The van der Waals surface area contributed by atoms with E-state index in [9.17, 15) is 9.90 Å². The van der Waals surface area contributed by atoms with E-state index < -0.39 is 5.60 Å². The second-order valence-electron chi connectivity index (χ2n) is 5.48. The largest absolute Gasteiger partial charge is 0.386 e. The lowest BCUT2D eigenvalue weighted by atomic mass is 9.89. The summed E-state index contributed by atoms with van der Waals surface area (Å²) in [4.78, 5) is 18.2. The molecule has 2 aliphatic rings. The lowest BCUT2D eigenvalue weighted by Gasteiger charge is -2.47. The molecule has 0 aromatic carbocycles. The molecule has 0 unspecified atom stereocenters. The number of aromatic nitrogens is 2. The third kappa shape index (κ3) is 1.82. The molecule has 98 valence electrons. The van der Waals surface area contributed by atoms with Crippen molar-refractivity contribution in [1.29, 1.82) is 0 Å². The maximum Gasteiger partial charge on any atom is 0.293 e. The third-order valence-corrected chi connectivity index (χ3v) is 3.93. The molecule has 2 fully saturated rings. The van der Waals surface area contributed by atoms with Gasteiger partial charge in [-0.15, -0.1) is 0 Å². The van der Waals surface area contributed by atoms with Crippen molar-refractivity contribution in [3.63, 3.8) is 0 Å². The molecule has 0 bridgehead atoms. The van der Waals surface area contributed by atoms with Crippen LogP contribution in [0, 0.1) is 5.92 Å². The molecule has 5 heteroatoms. The summed E-state index contributed by atoms with van der Waals surface area (Å²) < 4.78 is 1.69. The van der Waals surface area contributed by atoms with E-state index in [1.807, 2.05) is 11.8 Å². The Labute approximate surface area is 106 Å². The molecule has 0 spiro atoms. The molecule has 0 radical (unpaired) electrons. The summed E-state index contributed by atoms with van der Waals surface area (Å²) >= 11 is 0. The van der Waals surface area contributed by atoms with Crippen molar-refractivity contribution in [2.75, 3.05) is 18.0 Å². The zero-order valence-corrected chi connectivity index (χ0v) is 10.7. The third-order valence-electron chi connectivity index (χ3n) is 3.93. The van der Waals surface area contributed by atoms with E-state index >= 15 is 0 Å². The van der Waals surface area contributed by atoms with Crippen LogP contribution in [0.5, 0.6) is 0 Å². The molecule has 1 N–H and O–H groups in total. The summed E-state index contributed by atoms with van der Waals surface area (Å²) in [5, 5.41) is 10.3. The van der Waals surface area contributed by atoms with Crippen molar-refractivity contribution in [2.24, 2.45) is 5.92 Å². The number of anilines is 1. The smallest absolute Gasteiger partial charge is 0.293 e. The minimum Gasteiger partial charge on any atom is -0.386 e. The van der Waals surface area contributed by atoms with Gasteiger partial charge in [0.25, 0.3) is 5.56 Å². The maximum atomic E-state index is 12.2. The highest BCUT2D eigenvalue weighted by atomic mass is 16.3. The molecule has 1 aliphatic carbocycles. The molecular formula is C13H19N3O2. The molecule has 5 nitrogen and oxygen atoms in total. The average Bonchev–Trinajstić information content (AvgIpc) is 3.13. The van der Waals surface area contributed by atoms with E-state index in [1.165, 1.54) is 0 Å². The quantitative estimate of drug-likeness (QED) is 0.849. The standard InChI is InChI=1S/C13H19N3O2/c1-2-6-15-7-5-14-11(12(15)17)16-8-13(18,9-16)10-3-4-10/h5,7,10,18H,2-4,6,8-9H2,1H3. The van der Waals surface area contributed by atoms with Crippen molar-refractivity contribution in [3.05, 3.63) is 22.7 Å². The van der Waals surface area contributed by atoms with Crippen LogP contribution in [0.2, 0.25) is 0 Å². The highest BCUT2D eigenvalue weighted by molar-refractivity contribution is 5.42. The second kappa shape index (κ2) is 4.09. The fraction of sp³-hybridized carbons (Fsp3) is 0.692. The summed E-state index contributed by atoms with van der Waals surface area (Å²) in [5.41, 5.74) is -0.614. The Balaban J connectivity index is 1.78. The Bertz CT molecular complexity index is 501. The molecule has 1 saturated carbocycles. The van der Waals surface area contributed by atoms with Crippen LogP contribution in [-0.2, 0) is 6.54 Å². The second-order valence-corrected chi connectivity index (χ2v) is 5.48. The van der Waals surface area contributed by atoms with Gasteiger partial charge in [-0.2, -0.15) is 0 Å². The SMILES string of the molecule is CCCn1ccnc(N2CC(O)(C3CC3)C2)c1=O. The Morgan fingerprint density at radius 3 is 2.83 bits per heavy atom. The van der Waals surface area contributed by atoms with Crippen molar-refractivity contribution in [1.82, 2.24) is 9.55 Å². The Morgan fingerprint density at radius 2 is 2.22 bits per heavy atom. The van der Waals surface area contributed by atoms with Crippen LogP contribution in [0.15, 0.2) is 17.2 Å². The maximum absolute atomic E-state index is 12.2. The van der Waals surface area contributed by atoms with Gasteiger partial charge in [-0.25, -0.2) is 4.98 Å². The summed E-state index contributed by atoms with van der Waals surface area (Å²) in [7, 11) is 0. The van der Waals surface area contributed by atoms with Crippen molar-refractivity contribution in [2.45, 2.75) is 38.3 Å². The summed E-state index contributed by atoms with van der Waals surface area (Å²) in [6.45, 7) is 3.86. The average molecular weight is 249 g/mol. The fourth-order valence-corrected chi connectivity index (χ4v) is 2.71. The topological polar surface area (TPSA) is 58.4 Å². The van der Waals surface area contributed by atoms with Crippen molar-refractivity contribution >= 4 is 5.82 Å². The van der Waals surface area contributed by atoms with Crippen LogP contribution < -0.4 is 10.5 Å². The number of aliphatic hydroxyl groups is 1. The molecule has 18 heavy (non-hydrogen) atoms. The highest BCUT2D eigenvalue weighted by Crippen LogP contribution is 2.44. The number of nitrogens with zero attached hydrogens (tertiary/aromatic N) is 3. The van der Waals surface area contributed by atoms with Gasteiger partial charge >= 0.3 is 0 Å². The number of rotatable bonds is 4. The van der Waals surface area contributed by atoms with Gasteiger partial charge in [-0.3, -0.25) is 4.79 Å². The Hall–Kier alpha value is -1.36. The number of hydrogen-bond acceptors (Lipinski definition) is 4. The molecule has 1 saturated heterocycles. The van der Waals surface area contributed by atoms with Gasteiger partial charge in [-0.1, -0.05) is 6.92 Å². The lowest BCUT2D eigenvalue weighted by Crippen LogP contribution is -2.64.